The quantitative estimate of drug-likeness (QED) is 0.136. The highest BCUT2D eigenvalue weighted by molar-refractivity contribution is 7.27. The third kappa shape index (κ3) is 8.41. The van der Waals surface area contributed by atoms with Crippen LogP contribution in [0.4, 0.5) is 0 Å². The van der Waals surface area contributed by atoms with E-state index in [0.717, 1.165) is 18.4 Å². The lowest BCUT2D eigenvalue weighted by atomic mass is 9.94. The van der Waals surface area contributed by atoms with Crippen molar-refractivity contribution in [3.8, 4) is 44.5 Å². The fraction of sp³-hybridized carbons (Fsp3) is 0.0702. The standard InChI is InChI=1S/C32H23NS.C25H22/c1-33-21-25-17-18-27(23-13-7-3-8-14-23)32-30(25)29-20-26(22-11-5-2-6-12-22)19-28(31(29)34-32)24-15-9-4-10-16-24;1-3-7-22(8-4-1)24-15-11-20(12-16-24)19-21-13-17-25(18-14-21)23-9-5-2-6-10-23/h2-21H,1H3;1,3-5,7-18H,2,6,19H2. The van der Waals surface area contributed by atoms with Gasteiger partial charge in [-0.15, -0.1) is 11.3 Å². The lowest BCUT2D eigenvalue weighted by molar-refractivity contribution is 1.04. The van der Waals surface area contributed by atoms with Crippen molar-refractivity contribution in [2.75, 3.05) is 7.05 Å². The maximum absolute atomic E-state index is 4.39. The number of benzene rings is 8. The SMILES string of the molecule is C1=CC(c2ccc(Cc3ccc(-c4ccccc4)cc3)cc2)=CCC1.CN=Cc1ccc(-c2ccccc2)c2sc3c(-c4ccccc4)cc(-c4ccccc4)cc3c12. The summed E-state index contributed by atoms with van der Waals surface area (Å²) in [7, 11) is 1.84. The molecule has 2 heteroatoms. The van der Waals surface area contributed by atoms with Crippen molar-refractivity contribution >= 4 is 43.3 Å². The van der Waals surface area contributed by atoms with Crippen molar-refractivity contribution in [1.29, 1.82) is 0 Å². The van der Waals surface area contributed by atoms with Gasteiger partial charge in [0.1, 0.15) is 0 Å². The molecule has 0 aliphatic heterocycles. The van der Waals surface area contributed by atoms with Gasteiger partial charge in [-0.2, -0.15) is 0 Å². The molecule has 1 nitrogen and oxygen atoms in total. The van der Waals surface area contributed by atoms with E-state index in [1.165, 1.54) is 93.4 Å². The van der Waals surface area contributed by atoms with E-state index in [1.807, 2.05) is 24.6 Å². The van der Waals surface area contributed by atoms with Crippen molar-refractivity contribution in [2.45, 2.75) is 19.3 Å². The number of hydrogen-bond donors (Lipinski definition) is 0. The molecule has 1 aliphatic rings. The van der Waals surface area contributed by atoms with Crippen LogP contribution in [0.15, 0.2) is 217 Å². The maximum Gasteiger partial charge on any atom is 0.0440 e. The summed E-state index contributed by atoms with van der Waals surface area (Å²) in [5.41, 5.74) is 16.6. The van der Waals surface area contributed by atoms with Gasteiger partial charge in [0.25, 0.3) is 0 Å². The van der Waals surface area contributed by atoms with Gasteiger partial charge in [0.2, 0.25) is 0 Å². The van der Waals surface area contributed by atoms with Crippen LogP contribution in [0.1, 0.15) is 35.1 Å². The monoisotopic (exact) mass is 775 g/mol. The fourth-order valence-electron chi connectivity index (χ4n) is 8.05. The van der Waals surface area contributed by atoms with E-state index in [1.54, 1.807) is 0 Å². The molecule has 0 atom stereocenters. The smallest absolute Gasteiger partial charge is 0.0440 e. The van der Waals surface area contributed by atoms with Crippen LogP contribution >= 0.6 is 11.3 Å². The molecule has 59 heavy (non-hydrogen) atoms. The van der Waals surface area contributed by atoms with Crippen LogP contribution in [0.25, 0.3) is 70.3 Å². The molecule has 1 aliphatic carbocycles. The predicted molar refractivity (Wildman–Crippen MR) is 257 cm³/mol. The predicted octanol–water partition coefficient (Wildman–Crippen LogP) is 15.8. The normalized spacial score (nSPS) is 12.4. The molecule has 0 bridgehead atoms. The summed E-state index contributed by atoms with van der Waals surface area (Å²) in [5, 5.41) is 2.56. The highest BCUT2D eigenvalue weighted by Crippen LogP contribution is 2.46. The molecule has 8 aromatic carbocycles. The first-order valence-electron chi connectivity index (χ1n) is 20.4. The second-order valence-electron chi connectivity index (χ2n) is 15.0. The van der Waals surface area contributed by atoms with Gasteiger partial charge in [-0.25, -0.2) is 0 Å². The summed E-state index contributed by atoms with van der Waals surface area (Å²) in [4.78, 5) is 4.39. The van der Waals surface area contributed by atoms with Gasteiger partial charge in [-0.3, -0.25) is 4.99 Å². The Kier molecular flexibility index (Phi) is 11.3. The van der Waals surface area contributed by atoms with Gasteiger partial charge >= 0.3 is 0 Å². The molecule has 0 fully saturated rings. The van der Waals surface area contributed by atoms with E-state index in [-0.39, 0.29) is 0 Å². The molecule has 10 rings (SSSR count). The molecule has 0 unspecified atom stereocenters. The van der Waals surface area contributed by atoms with Crippen LogP contribution in [-0.2, 0) is 6.42 Å². The van der Waals surface area contributed by atoms with E-state index >= 15 is 0 Å². The number of rotatable bonds is 8. The number of nitrogens with zero attached hydrogens (tertiary/aromatic N) is 1. The number of thiophene rings is 1. The summed E-state index contributed by atoms with van der Waals surface area (Å²) in [5.74, 6) is 0. The highest BCUT2D eigenvalue weighted by atomic mass is 32.1. The average molecular weight is 776 g/mol. The zero-order valence-electron chi connectivity index (χ0n) is 33.3. The van der Waals surface area contributed by atoms with Gasteiger partial charge < -0.3 is 0 Å². The minimum Gasteiger partial charge on any atom is -0.296 e. The molecule has 0 saturated heterocycles. The molecular weight excluding hydrogens is 731 g/mol. The second-order valence-corrected chi connectivity index (χ2v) is 16.0. The maximum atomic E-state index is 4.39. The Morgan fingerprint density at radius 1 is 0.475 bits per heavy atom. The second kappa shape index (κ2) is 17.7. The van der Waals surface area contributed by atoms with E-state index in [9.17, 15) is 0 Å². The van der Waals surface area contributed by atoms with Gasteiger partial charge in [0.05, 0.1) is 0 Å². The summed E-state index contributed by atoms with van der Waals surface area (Å²) in [6, 6.07) is 69.7. The molecule has 1 aromatic heterocycles. The van der Waals surface area contributed by atoms with Gasteiger partial charge in [-0.1, -0.05) is 200 Å². The van der Waals surface area contributed by atoms with Crippen LogP contribution in [-0.4, -0.2) is 13.3 Å². The Bertz CT molecular complexity index is 2900. The molecule has 284 valence electrons. The number of allylic oxidation sites excluding steroid dienone is 4. The van der Waals surface area contributed by atoms with Crippen molar-refractivity contribution in [3.05, 3.63) is 235 Å². The minimum atomic E-state index is 0.976. The first-order valence-corrected chi connectivity index (χ1v) is 21.3. The van der Waals surface area contributed by atoms with Crippen molar-refractivity contribution < 1.29 is 0 Å². The van der Waals surface area contributed by atoms with E-state index in [4.69, 9.17) is 0 Å². The third-order valence-electron chi connectivity index (χ3n) is 11.0. The van der Waals surface area contributed by atoms with Gasteiger partial charge in [0, 0.05) is 44.6 Å². The fourth-order valence-corrected chi connectivity index (χ4v) is 9.44. The molecule has 0 amide bonds. The molecule has 0 spiro atoms. The van der Waals surface area contributed by atoms with E-state index < -0.39 is 0 Å². The Labute approximate surface area is 352 Å². The van der Waals surface area contributed by atoms with Gasteiger partial charge in [0.15, 0.2) is 0 Å². The van der Waals surface area contributed by atoms with Crippen molar-refractivity contribution in [3.63, 3.8) is 0 Å². The Hall–Kier alpha value is -6.87. The number of fused-ring (bicyclic) bond motifs is 3. The van der Waals surface area contributed by atoms with Crippen LogP contribution in [0.2, 0.25) is 0 Å². The lowest BCUT2D eigenvalue weighted by Crippen LogP contribution is -1.90. The van der Waals surface area contributed by atoms with Crippen LogP contribution in [0.5, 0.6) is 0 Å². The molecule has 0 N–H and O–H groups in total. The van der Waals surface area contributed by atoms with E-state index in [0.29, 0.717) is 0 Å². The van der Waals surface area contributed by atoms with E-state index in [2.05, 4.69) is 217 Å². The number of aliphatic imine (C=N–C) groups is 1. The molecule has 1 heterocycles. The first-order chi connectivity index (χ1) is 29.2. The van der Waals surface area contributed by atoms with Crippen molar-refractivity contribution in [2.24, 2.45) is 4.99 Å². The minimum absolute atomic E-state index is 0.976. The Morgan fingerprint density at radius 3 is 1.56 bits per heavy atom. The molecule has 0 radical (unpaired) electrons. The zero-order valence-corrected chi connectivity index (χ0v) is 34.1. The summed E-state index contributed by atoms with van der Waals surface area (Å²) < 4.78 is 2.62. The largest absolute Gasteiger partial charge is 0.296 e. The third-order valence-corrected chi connectivity index (χ3v) is 12.3. The topological polar surface area (TPSA) is 12.4 Å². The highest BCUT2D eigenvalue weighted by Gasteiger charge is 2.18. The van der Waals surface area contributed by atoms with Crippen molar-refractivity contribution in [1.82, 2.24) is 0 Å². The van der Waals surface area contributed by atoms with Crippen LogP contribution < -0.4 is 0 Å². The summed E-state index contributed by atoms with van der Waals surface area (Å²) in [6.07, 6.45) is 12.1. The Morgan fingerprint density at radius 2 is 1.00 bits per heavy atom. The molecular formula is C57H45NS. The summed E-state index contributed by atoms with van der Waals surface area (Å²) >= 11 is 1.89. The Balaban J connectivity index is 0.000000160. The van der Waals surface area contributed by atoms with Crippen LogP contribution in [0, 0.1) is 0 Å². The molecule has 0 saturated carbocycles. The summed E-state index contributed by atoms with van der Waals surface area (Å²) in [6.45, 7) is 0. The van der Waals surface area contributed by atoms with Gasteiger partial charge in [-0.05, 0) is 92.6 Å². The number of hydrogen-bond acceptors (Lipinski definition) is 2. The lowest BCUT2D eigenvalue weighted by Gasteiger charge is -2.09. The first kappa shape index (κ1) is 37.7. The average Bonchev–Trinajstić information content (AvgIpc) is 3.71. The zero-order chi connectivity index (χ0) is 39.8. The van der Waals surface area contributed by atoms with Crippen LogP contribution in [0.3, 0.4) is 0 Å². The molecule has 9 aromatic rings.